The van der Waals surface area contributed by atoms with Gasteiger partial charge in [0.2, 0.25) is 0 Å². The lowest BCUT2D eigenvalue weighted by Gasteiger charge is -2.08. The molecule has 0 fully saturated rings. The van der Waals surface area contributed by atoms with E-state index in [-0.39, 0.29) is 12.5 Å². The normalized spacial score (nSPS) is 11.5. The van der Waals surface area contributed by atoms with E-state index < -0.39 is 11.7 Å². The minimum Gasteiger partial charge on any atom is -0.319 e. The molecule has 1 N–H and O–H groups in total. The van der Waals surface area contributed by atoms with Crippen molar-refractivity contribution in [1.29, 1.82) is 0 Å². The fraction of sp³-hybridized carbons (Fsp3) is 0.235. The lowest BCUT2D eigenvalue weighted by molar-refractivity contribution is -0.137. The number of carbonyl (C=O) groups is 1. The zero-order valence-electron chi connectivity index (χ0n) is 13.9. The van der Waals surface area contributed by atoms with E-state index in [2.05, 4.69) is 15.5 Å². The van der Waals surface area contributed by atoms with Crippen molar-refractivity contribution in [3.63, 3.8) is 0 Å². The standard InChI is InChI=1S/C17H16F3N5O/c1-2-24-10-13(7-21-24)16(26)23-15-8-22-25(11-15)9-12-4-3-5-14(6-12)17(18,19)20/h3-8,10-11H,2,9H2,1H3,(H,23,26). The largest absolute Gasteiger partial charge is 0.416 e. The topological polar surface area (TPSA) is 64.7 Å². The van der Waals surface area contributed by atoms with Gasteiger partial charge in [-0.25, -0.2) is 0 Å². The molecule has 26 heavy (non-hydrogen) atoms. The Labute approximate surface area is 147 Å². The van der Waals surface area contributed by atoms with Gasteiger partial charge in [0, 0.05) is 18.9 Å². The summed E-state index contributed by atoms with van der Waals surface area (Å²) in [6, 6.07) is 5.05. The summed E-state index contributed by atoms with van der Waals surface area (Å²) < 4.78 is 41.4. The number of amides is 1. The van der Waals surface area contributed by atoms with Gasteiger partial charge in [0.1, 0.15) is 0 Å². The fourth-order valence-electron chi connectivity index (χ4n) is 2.40. The van der Waals surface area contributed by atoms with Crippen molar-refractivity contribution < 1.29 is 18.0 Å². The molecular formula is C17H16F3N5O. The molecule has 2 aromatic heterocycles. The number of alkyl halides is 3. The molecule has 0 aliphatic rings. The summed E-state index contributed by atoms with van der Waals surface area (Å²) in [6.07, 6.45) is 1.70. The van der Waals surface area contributed by atoms with E-state index in [4.69, 9.17) is 0 Å². The maximum Gasteiger partial charge on any atom is 0.416 e. The second-order valence-corrected chi connectivity index (χ2v) is 5.66. The molecule has 1 amide bonds. The summed E-state index contributed by atoms with van der Waals surface area (Å²) in [7, 11) is 0. The molecule has 0 aliphatic carbocycles. The van der Waals surface area contributed by atoms with Gasteiger partial charge in [-0.05, 0) is 24.6 Å². The molecule has 0 atom stereocenters. The highest BCUT2D eigenvalue weighted by atomic mass is 19.4. The Morgan fingerprint density at radius 2 is 1.92 bits per heavy atom. The van der Waals surface area contributed by atoms with Crippen LogP contribution in [-0.4, -0.2) is 25.5 Å². The maximum atomic E-state index is 12.8. The minimum absolute atomic E-state index is 0.160. The molecule has 0 saturated carbocycles. The van der Waals surface area contributed by atoms with E-state index in [1.807, 2.05) is 6.92 Å². The van der Waals surface area contributed by atoms with Gasteiger partial charge in [-0.1, -0.05) is 12.1 Å². The van der Waals surface area contributed by atoms with Crippen LogP contribution >= 0.6 is 0 Å². The molecule has 0 radical (unpaired) electrons. The van der Waals surface area contributed by atoms with E-state index in [1.54, 1.807) is 23.1 Å². The number of rotatable bonds is 5. The smallest absolute Gasteiger partial charge is 0.319 e. The number of halogens is 3. The monoisotopic (exact) mass is 363 g/mol. The molecule has 0 aliphatic heterocycles. The molecule has 9 heteroatoms. The minimum atomic E-state index is -4.39. The molecule has 6 nitrogen and oxygen atoms in total. The van der Waals surface area contributed by atoms with Gasteiger partial charge in [-0.2, -0.15) is 23.4 Å². The van der Waals surface area contributed by atoms with Crippen molar-refractivity contribution in [2.75, 3.05) is 5.32 Å². The predicted octanol–water partition coefficient (Wildman–Crippen LogP) is 3.42. The second-order valence-electron chi connectivity index (χ2n) is 5.66. The SMILES string of the molecule is CCn1cc(C(=O)Nc2cnn(Cc3cccc(C(F)(F)F)c3)c2)cn1. The Bertz CT molecular complexity index is 913. The second kappa shape index (κ2) is 7.03. The molecule has 0 bridgehead atoms. The first-order valence-electron chi connectivity index (χ1n) is 7.87. The molecule has 0 unspecified atom stereocenters. The highest BCUT2D eigenvalue weighted by molar-refractivity contribution is 6.03. The van der Waals surface area contributed by atoms with Crippen molar-refractivity contribution in [2.45, 2.75) is 26.2 Å². The van der Waals surface area contributed by atoms with Crippen molar-refractivity contribution in [2.24, 2.45) is 0 Å². The Morgan fingerprint density at radius 3 is 2.62 bits per heavy atom. The van der Waals surface area contributed by atoms with Crippen LogP contribution in [-0.2, 0) is 19.3 Å². The average Bonchev–Trinajstić information content (AvgIpc) is 3.23. The van der Waals surface area contributed by atoms with Crippen LogP contribution in [0.15, 0.2) is 49.1 Å². The molecule has 0 saturated heterocycles. The van der Waals surface area contributed by atoms with Crippen LogP contribution in [0.2, 0.25) is 0 Å². The lowest BCUT2D eigenvalue weighted by atomic mass is 10.1. The van der Waals surface area contributed by atoms with Gasteiger partial charge in [0.05, 0.1) is 35.8 Å². The Morgan fingerprint density at radius 1 is 1.15 bits per heavy atom. The van der Waals surface area contributed by atoms with Crippen LogP contribution < -0.4 is 5.32 Å². The highest BCUT2D eigenvalue weighted by Crippen LogP contribution is 2.29. The first-order valence-corrected chi connectivity index (χ1v) is 7.87. The lowest BCUT2D eigenvalue weighted by Crippen LogP contribution is -2.10. The number of aromatic nitrogens is 4. The molecule has 136 valence electrons. The number of hydrogen-bond donors (Lipinski definition) is 1. The number of aryl methyl sites for hydroxylation is 1. The van der Waals surface area contributed by atoms with Gasteiger partial charge >= 0.3 is 6.18 Å². The number of benzene rings is 1. The van der Waals surface area contributed by atoms with E-state index in [1.165, 1.54) is 23.1 Å². The summed E-state index contributed by atoms with van der Waals surface area (Å²) in [5.41, 5.74) is 0.623. The Kier molecular flexibility index (Phi) is 4.79. The predicted molar refractivity (Wildman–Crippen MR) is 88.6 cm³/mol. The van der Waals surface area contributed by atoms with E-state index in [0.717, 1.165) is 12.1 Å². The summed E-state index contributed by atoms with van der Waals surface area (Å²) >= 11 is 0. The third-order valence-corrected chi connectivity index (χ3v) is 3.71. The molecule has 3 aromatic rings. The first-order chi connectivity index (χ1) is 12.3. The number of nitrogens with zero attached hydrogens (tertiary/aromatic N) is 4. The van der Waals surface area contributed by atoms with E-state index in [9.17, 15) is 18.0 Å². The molecule has 3 rings (SSSR count). The van der Waals surface area contributed by atoms with Gasteiger partial charge in [0.15, 0.2) is 0 Å². The van der Waals surface area contributed by atoms with Crippen molar-refractivity contribution >= 4 is 11.6 Å². The fourth-order valence-corrected chi connectivity index (χ4v) is 2.40. The van der Waals surface area contributed by atoms with Gasteiger partial charge in [-0.15, -0.1) is 0 Å². The van der Waals surface area contributed by atoms with Crippen LogP contribution in [0.25, 0.3) is 0 Å². The highest BCUT2D eigenvalue weighted by Gasteiger charge is 2.30. The van der Waals surface area contributed by atoms with Crippen LogP contribution in [0.4, 0.5) is 18.9 Å². The van der Waals surface area contributed by atoms with Gasteiger partial charge in [-0.3, -0.25) is 14.2 Å². The molecular weight excluding hydrogens is 347 g/mol. The zero-order valence-corrected chi connectivity index (χ0v) is 13.9. The van der Waals surface area contributed by atoms with E-state index in [0.29, 0.717) is 23.4 Å². The summed E-state index contributed by atoms with van der Waals surface area (Å²) in [6.45, 7) is 2.72. The number of carbonyl (C=O) groups excluding carboxylic acids is 1. The molecule has 2 heterocycles. The van der Waals surface area contributed by atoms with Gasteiger partial charge in [0.25, 0.3) is 5.91 Å². The van der Waals surface area contributed by atoms with Gasteiger partial charge < -0.3 is 5.32 Å². The summed E-state index contributed by atoms with van der Waals surface area (Å²) in [5.74, 6) is -0.330. The summed E-state index contributed by atoms with van der Waals surface area (Å²) in [4.78, 5) is 12.1. The number of nitrogens with one attached hydrogen (secondary N) is 1. The van der Waals surface area contributed by atoms with Crippen molar-refractivity contribution in [3.05, 3.63) is 65.7 Å². The molecule has 0 spiro atoms. The first kappa shape index (κ1) is 17.7. The summed E-state index contributed by atoms with van der Waals surface area (Å²) in [5, 5.41) is 10.8. The maximum absolute atomic E-state index is 12.8. The average molecular weight is 363 g/mol. The number of hydrogen-bond acceptors (Lipinski definition) is 3. The third kappa shape index (κ3) is 4.11. The molecule has 1 aromatic carbocycles. The van der Waals surface area contributed by atoms with E-state index >= 15 is 0 Å². The van der Waals surface area contributed by atoms with Crippen molar-refractivity contribution in [1.82, 2.24) is 19.6 Å². The van der Waals surface area contributed by atoms with Crippen LogP contribution in [0.1, 0.15) is 28.4 Å². The Balaban J connectivity index is 1.67. The van der Waals surface area contributed by atoms with Crippen LogP contribution in [0.3, 0.4) is 0 Å². The van der Waals surface area contributed by atoms with Crippen molar-refractivity contribution in [3.8, 4) is 0 Å². The van der Waals surface area contributed by atoms with Crippen LogP contribution in [0.5, 0.6) is 0 Å². The van der Waals surface area contributed by atoms with Crippen LogP contribution in [0, 0.1) is 0 Å². The zero-order chi connectivity index (χ0) is 18.7. The Hall–Kier alpha value is -3.10. The third-order valence-electron chi connectivity index (χ3n) is 3.71. The number of anilines is 1. The quantitative estimate of drug-likeness (QED) is 0.755.